The molecular formula is C18H24O3. The first-order valence-corrected chi connectivity index (χ1v) is 7.70. The highest BCUT2D eigenvalue weighted by molar-refractivity contribution is 5.48. The van der Waals surface area contributed by atoms with Crippen LogP contribution in [0.1, 0.15) is 62.9 Å². The minimum Gasteiger partial charge on any atom is -0.504 e. The summed E-state index contributed by atoms with van der Waals surface area (Å²) in [5.74, 6) is -1.45. The summed E-state index contributed by atoms with van der Waals surface area (Å²) in [7, 11) is 0. The lowest BCUT2D eigenvalue weighted by atomic mass is 9.55. The molecule has 0 radical (unpaired) electrons. The smallest absolute Gasteiger partial charge is 0.157 e. The summed E-state index contributed by atoms with van der Waals surface area (Å²) in [5, 5.41) is 30.6. The van der Waals surface area contributed by atoms with E-state index < -0.39 is 29.4 Å². The molecule has 21 heavy (non-hydrogen) atoms. The summed E-state index contributed by atoms with van der Waals surface area (Å²) in [6, 6.07) is -0.270. The molecule has 3 nitrogen and oxygen atoms in total. The Morgan fingerprint density at radius 3 is 2.86 bits per heavy atom. The molecule has 0 spiro atoms. The lowest BCUT2D eigenvalue weighted by Crippen LogP contribution is -2.43. The number of hydrogen-bond donors (Lipinski definition) is 3. The molecule has 0 aliphatic heterocycles. The van der Waals surface area contributed by atoms with Crippen molar-refractivity contribution in [2.75, 3.05) is 0 Å². The maximum Gasteiger partial charge on any atom is 0.157 e. The number of hydrogen-bond acceptors (Lipinski definition) is 3. The van der Waals surface area contributed by atoms with E-state index in [0.29, 0.717) is 36.8 Å². The maximum absolute atomic E-state index is 10.7. The van der Waals surface area contributed by atoms with E-state index in [2.05, 4.69) is 0 Å². The first kappa shape index (κ1) is 9.04. The molecule has 3 aliphatic rings. The van der Waals surface area contributed by atoms with Gasteiger partial charge in [0.05, 0.1) is 10.2 Å². The first-order chi connectivity index (χ1) is 11.9. The molecule has 0 heterocycles. The van der Waals surface area contributed by atoms with Gasteiger partial charge in [0.1, 0.15) is 0 Å². The second-order valence-corrected chi connectivity index (χ2v) is 6.94. The second kappa shape index (κ2) is 4.39. The van der Waals surface area contributed by atoms with E-state index in [1.54, 1.807) is 6.92 Å². The number of aliphatic hydroxyl groups is 1. The molecule has 3 heteroatoms. The molecule has 2 fully saturated rings. The average Bonchev–Trinajstić information content (AvgIpc) is 2.73. The molecule has 1 unspecified atom stereocenters. The van der Waals surface area contributed by atoms with Crippen LogP contribution in [0.3, 0.4) is 0 Å². The Bertz CT molecular complexity index is 794. The van der Waals surface area contributed by atoms with Gasteiger partial charge in [0.15, 0.2) is 11.5 Å². The zero-order chi connectivity index (χ0) is 19.2. The monoisotopic (exact) mass is 293 g/mol. The van der Waals surface area contributed by atoms with Gasteiger partial charge < -0.3 is 15.3 Å². The van der Waals surface area contributed by atoms with E-state index in [1.165, 1.54) is 0 Å². The third-order valence-electron chi connectivity index (χ3n) is 6.03. The summed E-state index contributed by atoms with van der Waals surface area (Å²) in [6.07, 6.45) is -1.89. The van der Waals surface area contributed by atoms with Crippen LogP contribution in [0.4, 0.5) is 0 Å². The Hall–Kier alpha value is -1.22. The highest BCUT2D eigenvalue weighted by Crippen LogP contribution is 2.61. The fourth-order valence-corrected chi connectivity index (χ4v) is 4.80. The number of phenolic OH excluding ortho intramolecular Hbond substituents is 2. The number of rotatable bonds is 0. The minimum atomic E-state index is -2.16. The molecular weight excluding hydrogens is 264 g/mol. The van der Waals surface area contributed by atoms with Gasteiger partial charge in [-0.15, -0.1) is 0 Å². The summed E-state index contributed by atoms with van der Waals surface area (Å²) in [5.41, 5.74) is 0.321. The van der Waals surface area contributed by atoms with Crippen LogP contribution in [0.25, 0.3) is 0 Å². The van der Waals surface area contributed by atoms with Crippen molar-refractivity contribution in [1.82, 2.24) is 0 Å². The van der Waals surface area contributed by atoms with Crippen molar-refractivity contribution in [1.29, 1.82) is 0 Å². The fourth-order valence-electron chi connectivity index (χ4n) is 4.80. The standard InChI is InChI=1S/C18H24O3/c1-18-7-6-11-12(14(18)4-5-17(18)21)3-2-10-8-15(19)16(20)9-13(10)11/h8-9,11-12,14,17,19-21H,2-7H2,1H3/t11-,12+,14-,17?,18-/m0/s1/i5D2,8D,9D,17D. The molecule has 3 aliphatic carbocycles. The molecule has 1 aromatic rings. The SMILES string of the molecule is [2H]c1c(O)c(O)c([2H])c2c1CC[C@@H]1[C@@H]2CC[C@@]2(C)[C@H]1CC([2H])([2H])C2([2H])O. The van der Waals surface area contributed by atoms with Gasteiger partial charge >= 0.3 is 0 Å². The van der Waals surface area contributed by atoms with Crippen LogP contribution in [0.5, 0.6) is 11.5 Å². The number of phenols is 2. The van der Waals surface area contributed by atoms with Gasteiger partial charge in [-0.05, 0) is 84.9 Å². The van der Waals surface area contributed by atoms with E-state index in [1.807, 2.05) is 0 Å². The molecule has 0 aromatic heterocycles. The van der Waals surface area contributed by atoms with Crippen LogP contribution in [-0.2, 0) is 6.42 Å². The number of benzene rings is 1. The quantitative estimate of drug-likeness (QED) is 0.643. The Morgan fingerprint density at radius 2 is 2.05 bits per heavy atom. The number of aromatic hydroxyl groups is 2. The predicted molar refractivity (Wildman–Crippen MR) is 80.4 cm³/mol. The van der Waals surface area contributed by atoms with E-state index in [4.69, 9.17) is 6.85 Å². The van der Waals surface area contributed by atoms with Crippen molar-refractivity contribution in [3.8, 4) is 11.5 Å². The Balaban J connectivity index is 1.83. The predicted octanol–water partition coefficient (Wildman–Crippen LogP) is 3.31. The van der Waals surface area contributed by atoms with Gasteiger partial charge in [-0.25, -0.2) is 0 Å². The lowest BCUT2D eigenvalue weighted by Gasteiger charge is -2.50. The minimum absolute atomic E-state index is 0.0110. The molecule has 114 valence electrons. The van der Waals surface area contributed by atoms with Crippen molar-refractivity contribution < 1.29 is 22.2 Å². The van der Waals surface area contributed by atoms with Crippen LogP contribution in [0.2, 0.25) is 0 Å². The summed E-state index contributed by atoms with van der Waals surface area (Å²) in [4.78, 5) is 0. The molecule has 3 N–H and O–H groups in total. The maximum atomic E-state index is 10.7. The first-order valence-electron chi connectivity index (χ1n) is 10.2. The Morgan fingerprint density at radius 1 is 1.29 bits per heavy atom. The van der Waals surface area contributed by atoms with Gasteiger partial charge in [-0.3, -0.25) is 0 Å². The van der Waals surface area contributed by atoms with Crippen molar-refractivity contribution in [2.24, 2.45) is 17.3 Å². The van der Waals surface area contributed by atoms with Gasteiger partial charge in [-0.2, -0.15) is 0 Å². The van der Waals surface area contributed by atoms with Crippen molar-refractivity contribution >= 4 is 0 Å². The normalized spacial score (nSPS) is 50.6. The molecule has 2 saturated carbocycles. The van der Waals surface area contributed by atoms with Crippen molar-refractivity contribution in [2.45, 2.75) is 57.4 Å². The third-order valence-corrected chi connectivity index (χ3v) is 6.03. The van der Waals surface area contributed by atoms with Crippen molar-refractivity contribution in [3.05, 3.63) is 23.2 Å². The molecule has 0 amide bonds. The summed E-state index contributed by atoms with van der Waals surface area (Å²) in [6.45, 7) is 1.80. The molecule has 0 saturated heterocycles. The molecule has 0 bridgehead atoms. The van der Waals surface area contributed by atoms with Gasteiger partial charge in [0.2, 0.25) is 0 Å². The highest BCUT2D eigenvalue weighted by Gasteiger charge is 2.54. The van der Waals surface area contributed by atoms with Crippen LogP contribution in [0, 0.1) is 17.3 Å². The fraction of sp³-hybridized carbons (Fsp3) is 0.667. The highest BCUT2D eigenvalue weighted by atomic mass is 16.3. The van der Waals surface area contributed by atoms with E-state index in [0.717, 1.165) is 0 Å². The van der Waals surface area contributed by atoms with E-state index in [-0.39, 0.29) is 36.3 Å². The van der Waals surface area contributed by atoms with Crippen LogP contribution >= 0.6 is 0 Å². The molecule has 4 rings (SSSR count). The zero-order valence-corrected chi connectivity index (χ0v) is 12.1. The van der Waals surface area contributed by atoms with Gasteiger partial charge in [-0.1, -0.05) is 6.92 Å². The average molecular weight is 293 g/mol. The Labute approximate surface area is 132 Å². The third kappa shape index (κ3) is 1.76. The number of fused-ring (bicyclic) bond motifs is 5. The van der Waals surface area contributed by atoms with Crippen LogP contribution < -0.4 is 0 Å². The van der Waals surface area contributed by atoms with Crippen molar-refractivity contribution in [3.63, 3.8) is 0 Å². The summed E-state index contributed by atoms with van der Waals surface area (Å²) >= 11 is 0. The second-order valence-electron chi connectivity index (χ2n) is 6.94. The van der Waals surface area contributed by atoms with E-state index in [9.17, 15) is 15.3 Å². The molecule has 1 aromatic carbocycles. The summed E-state index contributed by atoms with van der Waals surface area (Å²) < 4.78 is 41.1. The molecule has 5 atom stereocenters. The van der Waals surface area contributed by atoms with Gasteiger partial charge in [0, 0.05) is 2.74 Å². The van der Waals surface area contributed by atoms with Gasteiger partial charge in [0.25, 0.3) is 0 Å². The van der Waals surface area contributed by atoms with E-state index >= 15 is 0 Å². The topological polar surface area (TPSA) is 60.7 Å². The zero-order valence-electron chi connectivity index (χ0n) is 17.1. The van der Waals surface area contributed by atoms with Crippen LogP contribution in [0.15, 0.2) is 12.1 Å². The van der Waals surface area contributed by atoms with Crippen LogP contribution in [-0.4, -0.2) is 21.4 Å². The lowest BCUT2D eigenvalue weighted by molar-refractivity contribution is -0.0226. The Kier molecular flexibility index (Phi) is 1.89. The largest absolute Gasteiger partial charge is 0.504 e.